The molecule has 0 heterocycles. The van der Waals surface area contributed by atoms with E-state index in [1.807, 2.05) is 0 Å². The molecule has 128 valence electrons. The van der Waals surface area contributed by atoms with Crippen molar-refractivity contribution in [3.05, 3.63) is 79.9 Å². The monoisotopic (exact) mass is 587 g/mol. The fraction of sp³-hybridized carbons (Fsp3) is 0.143. The van der Waals surface area contributed by atoms with Crippen molar-refractivity contribution in [1.82, 2.24) is 0 Å². The van der Waals surface area contributed by atoms with Crippen molar-refractivity contribution in [1.29, 1.82) is 0 Å². The van der Waals surface area contributed by atoms with Crippen LogP contribution in [0.25, 0.3) is 0 Å². The Morgan fingerprint density at radius 1 is 0.560 bits per heavy atom. The van der Waals surface area contributed by atoms with Crippen LogP contribution in [0.4, 0.5) is 0 Å². The van der Waals surface area contributed by atoms with Crippen molar-refractivity contribution < 1.29 is 0 Å². The lowest BCUT2D eigenvalue weighted by molar-refractivity contribution is 1.31. The van der Waals surface area contributed by atoms with Gasteiger partial charge in [-0.1, -0.05) is 37.0 Å². The summed E-state index contributed by atoms with van der Waals surface area (Å²) in [7, 11) is -1.32. The van der Waals surface area contributed by atoms with Crippen molar-refractivity contribution >= 4 is 69.3 Å². The molecule has 0 N–H and O–H groups in total. The van der Waals surface area contributed by atoms with E-state index in [-0.39, 0.29) is 10.9 Å². The van der Waals surface area contributed by atoms with Crippen molar-refractivity contribution in [3.63, 3.8) is 0 Å². The molecule has 0 aromatic heterocycles. The second-order valence-electron chi connectivity index (χ2n) is 6.99. The van der Waals surface area contributed by atoms with E-state index in [0.717, 1.165) is 0 Å². The SMILES string of the molecule is C[Si](C)(C)c1ccc([S+](c2ccc(I)cc2)c2ccc(I)cc2)cc1. The van der Waals surface area contributed by atoms with E-state index in [0.29, 0.717) is 0 Å². The van der Waals surface area contributed by atoms with E-state index in [1.165, 1.54) is 27.0 Å². The van der Waals surface area contributed by atoms with Crippen LogP contribution >= 0.6 is 45.2 Å². The Bertz CT molecular complexity index is 790. The average molecular weight is 587 g/mol. The molecule has 3 aromatic carbocycles. The first kappa shape index (κ1) is 19.4. The Kier molecular flexibility index (Phi) is 6.34. The third-order valence-corrected chi connectivity index (χ3v) is 9.79. The number of hydrogen-bond acceptors (Lipinski definition) is 0. The van der Waals surface area contributed by atoms with Gasteiger partial charge < -0.3 is 0 Å². The Morgan fingerprint density at radius 2 is 0.880 bits per heavy atom. The van der Waals surface area contributed by atoms with Gasteiger partial charge in [0.2, 0.25) is 0 Å². The van der Waals surface area contributed by atoms with Crippen molar-refractivity contribution in [2.45, 2.75) is 34.3 Å². The van der Waals surface area contributed by atoms with E-state index in [9.17, 15) is 0 Å². The lowest BCUT2D eigenvalue weighted by Gasteiger charge is -2.16. The van der Waals surface area contributed by atoms with Crippen molar-refractivity contribution in [2.24, 2.45) is 0 Å². The Morgan fingerprint density at radius 3 is 1.20 bits per heavy atom. The maximum absolute atomic E-state index is 2.40. The van der Waals surface area contributed by atoms with Crippen LogP contribution in [0.3, 0.4) is 0 Å². The molecule has 0 aliphatic carbocycles. The van der Waals surface area contributed by atoms with Gasteiger partial charge in [-0.25, -0.2) is 0 Å². The molecule has 0 saturated carbocycles. The highest BCUT2D eigenvalue weighted by molar-refractivity contribution is 14.1. The maximum Gasteiger partial charge on any atom is 0.166 e. The average Bonchev–Trinajstić information content (AvgIpc) is 2.58. The van der Waals surface area contributed by atoms with Gasteiger partial charge in [-0.15, -0.1) is 0 Å². The van der Waals surface area contributed by atoms with E-state index in [4.69, 9.17) is 0 Å². The van der Waals surface area contributed by atoms with Crippen LogP contribution in [-0.4, -0.2) is 8.07 Å². The van der Waals surface area contributed by atoms with Crippen LogP contribution in [0.15, 0.2) is 87.5 Å². The van der Waals surface area contributed by atoms with Gasteiger partial charge in [-0.05, 0) is 106 Å². The van der Waals surface area contributed by atoms with Gasteiger partial charge in [0.05, 0.1) is 19.0 Å². The smallest absolute Gasteiger partial charge is 0.0656 e. The first-order valence-corrected chi connectivity index (χ1v) is 15.1. The highest BCUT2D eigenvalue weighted by atomic mass is 127. The molecule has 0 atom stereocenters. The largest absolute Gasteiger partial charge is 0.166 e. The molecule has 0 nitrogen and oxygen atoms in total. The fourth-order valence-electron chi connectivity index (χ4n) is 2.64. The molecular weight excluding hydrogens is 566 g/mol. The van der Waals surface area contributed by atoms with Gasteiger partial charge >= 0.3 is 0 Å². The summed E-state index contributed by atoms with van der Waals surface area (Å²) in [5, 5.41) is 1.52. The number of rotatable bonds is 4. The summed E-state index contributed by atoms with van der Waals surface area (Å²) in [6.07, 6.45) is 0. The number of halogens is 2. The molecule has 0 unspecified atom stereocenters. The molecule has 3 aromatic rings. The lowest BCUT2D eigenvalue weighted by atomic mass is 10.3. The third-order valence-electron chi connectivity index (χ3n) is 4.05. The van der Waals surface area contributed by atoms with Crippen LogP contribution in [0.2, 0.25) is 19.6 Å². The van der Waals surface area contributed by atoms with Crippen LogP contribution in [0, 0.1) is 7.14 Å². The Hall–Kier alpha value is -0.313. The summed E-state index contributed by atoms with van der Waals surface area (Å²) in [5.41, 5.74) is 0. The molecule has 3 rings (SSSR count). The summed E-state index contributed by atoms with van der Waals surface area (Å²) in [6.45, 7) is 7.21. The highest BCUT2D eigenvalue weighted by Crippen LogP contribution is 2.31. The highest BCUT2D eigenvalue weighted by Gasteiger charge is 2.29. The van der Waals surface area contributed by atoms with Crippen molar-refractivity contribution in [2.75, 3.05) is 0 Å². The molecule has 0 bridgehead atoms. The molecule has 0 aliphatic rings. The predicted molar refractivity (Wildman–Crippen MR) is 130 cm³/mol. The number of hydrogen-bond donors (Lipinski definition) is 0. The second kappa shape index (κ2) is 8.15. The van der Waals surface area contributed by atoms with Gasteiger partial charge in [0.15, 0.2) is 14.7 Å². The molecule has 0 fully saturated rings. The normalized spacial score (nSPS) is 11.8. The Labute approximate surface area is 182 Å². The van der Waals surface area contributed by atoms with Gasteiger partial charge in [0.25, 0.3) is 0 Å². The first-order valence-electron chi connectivity index (χ1n) is 8.20. The molecule has 0 radical (unpaired) electrons. The van der Waals surface area contributed by atoms with E-state index in [1.54, 1.807) is 0 Å². The van der Waals surface area contributed by atoms with Gasteiger partial charge in [-0.3, -0.25) is 0 Å². The van der Waals surface area contributed by atoms with Gasteiger partial charge in [0.1, 0.15) is 0 Å². The summed E-state index contributed by atoms with van der Waals surface area (Å²) in [6, 6.07) is 27.3. The minimum Gasteiger partial charge on any atom is -0.0656 e. The van der Waals surface area contributed by atoms with Crippen LogP contribution < -0.4 is 5.19 Å². The number of benzene rings is 3. The molecular formula is C21H21I2SSi+. The second-order valence-corrected chi connectivity index (χ2v) is 16.6. The first-order chi connectivity index (χ1) is 11.8. The molecule has 0 amide bonds. The zero-order valence-corrected chi connectivity index (χ0v) is 20.7. The third kappa shape index (κ3) is 4.90. The predicted octanol–water partition coefficient (Wildman–Crippen LogP) is 6.54. The summed E-state index contributed by atoms with van der Waals surface area (Å²) < 4.78 is 2.56. The topological polar surface area (TPSA) is 0 Å². The maximum atomic E-state index is 2.40. The van der Waals surface area contributed by atoms with Crippen molar-refractivity contribution in [3.8, 4) is 0 Å². The van der Waals surface area contributed by atoms with E-state index < -0.39 is 8.07 Å². The Balaban J connectivity index is 2.07. The van der Waals surface area contributed by atoms with Crippen LogP contribution in [0.1, 0.15) is 0 Å². The zero-order chi connectivity index (χ0) is 18.0. The van der Waals surface area contributed by atoms with Gasteiger partial charge in [-0.2, -0.15) is 0 Å². The van der Waals surface area contributed by atoms with E-state index >= 15 is 0 Å². The zero-order valence-electron chi connectivity index (χ0n) is 14.6. The summed E-state index contributed by atoms with van der Waals surface area (Å²) >= 11 is 4.75. The molecule has 4 heteroatoms. The summed E-state index contributed by atoms with van der Waals surface area (Å²) in [5.74, 6) is 0. The molecule has 0 saturated heterocycles. The van der Waals surface area contributed by atoms with E-state index in [2.05, 4.69) is 138 Å². The fourth-order valence-corrected chi connectivity index (χ4v) is 6.57. The standard InChI is InChI=1S/C21H21I2SSi/c1-25(2,3)21-14-12-20(13-15-21)24(18-8-4-16(22)5-9-18)19-10-6-17(23)7-11-19/h4-15H,1-3H3/q+1. The van der Waals surface area contributed by atoms with Crippen LogP contribution in [0.5, 0.6) is 0 Å². The van der Waals surface area contributed by atoms with Crippen LogP contribution in [-0.2, 0) is 10.9 Å². The minimum atomic E-state index is -1.26. The van der Waals surface area contributed by atoms with Gasteiger partial charge in [0, 0.05) is 7.14 Å². The molecule has 0 spiro atoms. The molecule has 25 heavy (non-hydrogen) atoms. The quantitative estimate of drug-likeness (QED) is 0.185. The molecule has 0 aliphatic heterocycles. The lowest BCUT2D eigenvalue weighted by Crippen LogP contribution is -2.37. The minimum absolute atomic E-state index is 0.0575. The summed E-state index contributed by atoms with van der Waals surface area (Å²) in [4.78, 5) is 4.15.